The Labute approximate surface area is 247 Å². The van der Waals surface area contributed by atoms with Crippen molar-refractivity contribution in [3.05, 3.63) is 138 Å². The molecule has 1 aliphatic heterocycles. The standard InChI is InChI=1S/C34H38NO6P/c1-26(36)35-34-33(40-24-29-18-10-4-11-19-29)32(39-23-28-16-8-3-9-17-28)31(25-38-22-27-14-6-2-7-15-27)41-42(34,37)30-20-12-5-13-21-30/h2-21,31-34,37,42H,22-25H2,1H3,(H,35,36)/t31-,32-,33+,34+/m1/s1. The van der Waals surface area contributed by atoms with Crippen LogP contribution in [-0.2, 0) is 43.3 Å². The molecule has 0 unspecified atom stereocenters. The molecule has 1 aliphatic rings. The second-order valence-corrected chi connectivity index (χ2v) is 13.2. The molecule has 0 bridgehead atoms. The van der Waals surface area contributed by atoms with Crippen molar-refractivity contribution in [2.75, 3.05) is 6.61 Å². The summed E-state index contributed by atoms with van der Waals surface area (Å²) >= 11 is 0. The first-order valence-electron chi connectivity index (χ1n) is 14.2. The summed E-state index contributed by atoms with van der Waals surface area (Å²) in [6, 6.07) is 38.8. The first kappa shape index (κ1) is 30.1. The Morgan fingerprint density at radius 1 is 0.714 bits per heavy atom. The van der Waals surface area contributed by atoms with Crippen LogP contribution in [0.4, 0.5) is 0 Å². The summed E-state index contributed by atoms with van der Waals surface area (Å²) in [5, 5.41) is 3.62. The van der Waals surface area contributed by atoms with E-state index in [-0.39, 0.29) is 19.1 Å². The van der Waals surface area contributed by atoms with Crippen LogP contribution in [0.25, 0.3) is 0 Å². The maximum absolute atomic E-state index is 12.6. The van der Waals surface area contributed by atoms with E-state index in [1.165, 1.54) is 6.92 Å². The summed E-state index contributed by atoms with van der Waals surface area (Å²) in [6.45, 7) is 2.54. The molecular formula is C34H38NO6P. The van der Waals surface area contributed by atoms with Crippen LogP contribution in [-0.4, -0.2) is 41.5 Å². The Hall–Kier alpha value is -3.42. The van der Waals surface area contributed by atoms with Crippen molar-refractivity contribution >= 4 is 18.9 Å². The average Bonchev–Trinajstić information content (AvgIpc) is 3.03. The SMILES string of the molecule is CC(=O)N[C@@H]1[C@@H](OCc2ccccc2)[C@H](OCc2ccccc2)[C@@H](COCc2ccccc2)O[PH]1(O)c1ccccc1. The van der Waals surface area contributed by atoms with Gasteiger partial charge in [-0.1, -0.05) is 0 Å². The molecule has 5 rings (SSSR count). The molecule has 4 aromatic carbocycles. The normalized spacial score (nSPS) is 22.2. The Morgan fingerprint density at radius 2 is 1.17 bits per heavy atom. The molecule has 7 nitrogen and oxygen atoms in total. The first-order chi connectivity index (χ1) is 20.5. The van der Waals surface area contributed by atoms with Gasteiger partial charge in [-0.05, 0) is 0 Å². The van der Waals surface area contributed by atoms with Crippen LogP contribution in [0, 0.1) is 0 Å². The quantitative estimate of drug-likeness (QED) is 0.224. The van der Waals surface area contributed by atoms with Crippen LogP contribution in [0.2, 0.25) is 0 Å². The summed E-state index contributed by atoms with van der Waals surface area (Å²) in [4.78, 5) is 25.0. The van der Waals surface area contributed by atoms with Gasteiger partial charge < -0.3 is 0 Å². The number of hydrogen-bond acceptors (Lipinski definition) is 6. The van der Waals surface area contributed by atoms with Gasteiger partial charge in [0.2, 0.25) is 0 Å². The van der Waals surface area contributed by atoms with Crippen LogP contribution < -0.4 is 10.6 Å². The summed E-state index contributed by atoms with van der Waals surface area (Å²) in [6.07, 6.45) is -2.05. The zero-order chi connectivity index (χ0) is 29.2. The fourth-order valence-electron chi connectivity index (χ4n) is 5.24. The Bertz CT molecular complexity index is 1380. The molecule has 1 fully saturated rings. The molecule has 1 heterocycles. The molecule has 2 N–H and O–H groups in total. The molecule has 220 valence electrons. The summed E-state index contributed by atoms with van der Waals surface area (Å²) in [5.41, 5.74) is 2.98. The first-order valence-corrected chi connectivity index (χ1v) is 16.1. The van der Waals surface area contributed by atoms with Crippen molar-refractivity contribution < 1.29 is 28.4 Å². The number of amides is 1. The van der Waals surface area contributed by atoms with Crippen LogP contribution in [0.3, 0.4) is 0 Å². The number of carbonyl (C=O) groups excluding carboxylic acids is 1. The van der Waals surface area contributed by atoms with Crippen LogP contribution in [0.5, 0.6) is 0 Å². The van der Waals surface area contributed by atoms with Gasteiger partial charge in [-0.2, -0.15) is 0 Å². The van der Waals surface area contributed by atoms with E-state index in [4.69, 9.17) is 18.7 Å². The van der Waals surface area contributed by atoms with E-state index in [1.807, 2.05) is 121 Å². The number of carbonyl (C=O) groups is 1. The van der Waals surface area contributed by atoms with Crippen LogP contribution >= 0.6 is 7.72 Å². The second-order valence-electron chi connectivity index (χ2n) is 10.4. The van der Waals surface area contributed by atoms with Gasteiger partial charge in [0.15, 0.2) is 0 Å². The summed E-state index contributed by atoms with van der Waals surface area (Å²) in [5.74, 6) is -1.13. The van der Waals surface area contributed by atoms with E-state index in [9.17, 15) is 9.69 Å². The van der Waals surface area contributed by atoms with Gasteiger partial charge in [0.05, 0.1) is 0 Å². The third-order valence-corrected chi connectivity index (χ3v) is 10.4. The molecule has 0 radical (unpaired) electrons. The topological polar surface area (TPSA) is 86.3 Å². The second kappa shape index (κ2) is 14.7. The third kappa shape index (κ3) is 7.69. The fourth-order valence-corrected chi connectivity index (χ4v) is 8.35. The van der Waals surface area contributed by atoms with Crippen LogP contribution in [0.1, 0.15) is 23.6 Å². The van der Waals surface area contributed by atoms with Crippen molar-refractivity contribution in [1.29, 1.82) is 0 Å². The number of benzene rings is 4. The minimum atomic E-state index is -3.87. The Morgan fingerprint density at radius 3 is 1.67 bits per heavy atom. The zero-order valence-corrected chi connectivity index (χ0v) is 24.7. The zero-order valence-electron chi connectivity index (χ0n) is 23.7. The van der Waals surface area contributed by atoms with E-state index >= 15 is 0 Å². The van der Waals surface area contributed by atoms with Gasteiger partial charge in [0.25, 0.3) is 0 Å². The van der Waals surface area contributed by atoms with E-state index in [0.717, 1.165) is 16.7 Å². The number of rotatable bonds is 12. The average molecular weight is 588 g/mol. The van der Waals surface area contributed by atoms with Gasteiger partial charge in [-0.3, -0.25) is 0 Å². The summed E-state index contributed by atoms with van der Waals surface area (Å²) in [7, 11) is -3.87. The third-order valence-electron chi connectivity index (χ3n) is 7.28. The molecule has 0 aliphatic carbocycles. The Balaban J connectivity index is 1.50. The molecule has 4 atom stereocenters. The van der Waals surface area contributed by atoms with Crippen molar-refractivity contribution in [1.82, 2.24) is 5.32 Å². The predicted molar refractivity (Wildman–Crippen MR) is 165 cm³/mol. The van der Waals surface area contributed by atoms with Gasteiger partial charge >= 0.3 is 248 Å². The van der Waals surface area contributed by atoms with Gasteiger partial charge in [0.1, 0.15) is 0 Å². The van der Waals surface area contributed by atoms with Crippen molar-refractivity contribution in [3.63, 3.8) is 0 Å². The molecular weight excluding hydrogens is 549 g/mol. The monoisotopic (exact) mass is 587 g/mol. The number of hydrogen-bond donors (Lipinski definition) is 2. The number of nitrogens with one attached hydrogen (secondary N) is 1. The minimum absolute atomic E-state index is 0.161. The van der Waals surface area contributed by atoms with E-state index < -0.39 is 31.8 Å². The molecule has 0 spiro atoms. The fraction of sp³-hybridized carbons (Fsp3) is 0.265. The van der Waals surface area contributed by atoms with Crippen LogP contribution in [0.15, 0.2) is 121 Å². The molecule has 0 aromatic heterocycles. The molecule has 1 saturated heterocycles. The van der Waals surface area contributed by atoms with Gasteiger partial charge in [-0.25, -0.2) is 0 Å². The predicted octanol–water partition coefficient (Wildman–Crippen LogP) is 5.13. The van der Waals surface area contributed by atoms with Gasteiger partial charge in [0, 0.05) is 0 Å². The van der Waals surface area contributed by atoms with E-state index in [2.05, 4.69) is 5.32 Å². The summed E-state index contributed by atoms with van der Waals surface area (Å²) < 4.78 is 26.0. The van der Waals surface area contributed by atoms with Crippen molar-refractivity contribution in [2.24, 2.45) is 0 Å². The molecule has 8 heteroatoms. The molecule has 1 amide bonds. The Kier molecular flexibility index (Phi) is 10.5. The van der Waals surface area contributed by atoms with Gasteiger partial charge in [-0.15, -0.1) is 0 Å². The van der Waals surface area contributed by atoms with Crippen molar-refractivity contribution in [3.8, 4) is 0 Å². The maximum atomic E-state index is 12.6. The van der Waals surface area contributed by atoms with E-state index in [0.29, 0.717) is 18.5 Å². The molecule has 0 saturated carbocycles. The van der Waals surface area contributed by atoms with E-state index in [1.54, 1.807) is 0 Å². The van der Waals surface area contributed by atoms with Crippen molar-refractivity contribution in [2.45, 2.75) is 50.8 Å². The molecule has 42 heavy (non-hydrogen) atoms. The number of ether oxygens (including phenoxy) is 3. The molecule has 4 aromatic rings.